The first-order valence-electron chi connectivity index (χ1n) is 9.54. The van der Waals surface area contributed by atoms with E-state index >= 15 is 0 Å². The van der Waals surface area contributed by atoms with E-state index in [9.17, 15) is 26.3 Å². The fourth-order valence-electron chi connectivity index (χ4n) is 3.08. The Bertz CT molecular complexity index is 1290. The first-order chi connectivity index (χ1) is 15.7. The number of alkyl halides is 3. The molecule has 0 aliphatic carbocycles. The molecule has 2 aromatic carbocycles. The van der Waals surface area contributed by atoms with E-state index in [1.807, 2.05) is 0 Å². The molecule has 170 valence electrons. The molecule has 0 atom stereocenters. The lowest BCUT2D eigenvalue weighted by Crippen LogP contribution is -2.08. The molecule has 0 saturated carbocycles. The Morgan fingerprint density at radius 1 is 0.879 bits per heavy atom. The molecule has 0 saturated heterocycles. The molecular formula is C22H14F6N4O. The normalized spacial score (nSPS) is 11.6. The van der Waals surface area contributed by atoms with Crippen molar-refractivity contribution in [3.8, 4) is 11.6 Å². The van der Waals surface area contributed by atoms with Crippen molar-refractivity contribution in [2.75, 3.05) is 11.9 Å². The molecule has 2 heterocycles. The van der Waals surface area contributed by atoms with Crippen LogP contribution in [0.3, 0.4) is 0 Å². The van der Waals surface area contributed by atoms with Gasteiger partial charge in [-0.1, -0.05) is 12.1 Å². The highest BCUT2D eigenvalue weighted by atomic mass is 19.4. The molecule has 5 nitrogen and oxygen atoms in total. The highest BCUT2D eigenvalue weighted by Crippen LogP contribution is 2.32. The second-order valence-electron chi connectivity index (χ2n) is 6.90. The number of hydrogen-bond acceptors (Lipinski definition) is 5. The lowest BCUT2D eigenvalue weighted by Gasteiger charge is -2.11. The summed E-state index contributed by atoms with van der Waals surface area (Å²) in [4.78, 5) is 11.3. The number of nitrogens with zero attached hydrogens (tertiary/aromatic N) is 3. The van der Waals surface area contributed by atoms with Crippen LogP contribution in [0, 0.1) is 17.5 Å². The third kappa shape index (κ3) is 4.97. The summed E-state index contributed by atoms with van der Waals surface area (Å²) in [5.74, 6) is -3.56. The van der Waals surface area contributed by atoms with E-state index in [-0.39, 0.29) is 34.9 Å². The summed E-state index contributed by atoms with van der Waals surface area (Å²) in [7, 11) is 0. The summed E-state index contributed by atoms with van der Waals surface area (Å²) in [5, 5.41) is 2.45. The van der Waals surface area contributed by atoms with Crippen molar-refractivity contribution in [1.29, 1.82) is 0 Å². The molecule has 4 aromatic rings. The van der Waals surface area contributed by atoms with Crippen molar-refractivity contribution in [2.24, 2.45) is 0 Å². The predicted molar refractivity (Wildman–Crippen MR) is 107 cm³/mol. The average molecular weight is 464 g/mol. The fourth-order valence-corrected chi connectivity index (χ4v) is 3.08. The van der Waals surface area contributed by atoms with E-state index in [2.05, 4.69) is 20.3 Å². The van der Waals surface area contributed by atoms with Crippen LogP contribution in [-0.4, -0.2) is 21.5 Å². The van der Waals surface area contributed by atoms with Gasteiger partial charge in [-0.3, -0.25) is 0 Å². The number of hydrogen-bond donors (Lipinski definition) is 1. The van der Waals surface area contributed by atoms with Gasteiger partial charge >= 0.3 is 6.18 Å². The van der Waals surface area contributed by atoms with Crippen LogP contribution in [0.25, 0.3) is 10.9 Å². The third-order valence-electron chi connectivity index (χ3n) is 4.67. The summed E-state index contributed by atoms with van der Waals surface area (Å²) >= 11 is 0. The van der Waals surface area contributed by atoms with Gasteiger partial charge in [0.15, 0.2) is 17.5 Å². The smallest absolute Gasteiger partial charge is 0.416 e. The zero-order valence-electron chi connectivity index (χ0n) is 16.6. The number of fused-ring (bicyclic) bond motifs is 1. The van der Waals surface area contributed by atoms with Crippen LogP contribution in [0.4, 0.5) is 32.2 Å². The number of pyridine rings is 1. The maximum absolute atomic E-state index is 14.2. The van der Waals surface area contributed by atoms with Gasteiger partial charge in [0, 0.05) is 24.9 Å². The fraction of sp³-hybridized carbons (Fsp3) is 0.136. The van der Waals surface area contributed by atoms with Gasteiger partial charge in [0.2, 0.25) is 5.88 Å². The second-order valence-corrected chi connectivity index (χ2v) is 6.90. The molecule has 0 amide bonds. The Balaban J connectivity index is 1.41. The van der Waals surface area contributed by atoms with Gasteiger partial charge in [0.25, 0.3) is 0 Å². The Morgan fingerprint density at radius 2 is 1.64 bits per heavy atom. The van der Waals surface area contributed by atoms with Crippen LogP contribution in [-0.2, 0) is 12.6 Å². The largest absolute Gasteiger partial charge is 0.439 e. The van der Waals surface area contributed by atoms with Gasteiger partial charge in [-0.15, -0.1) is 0 Å². The van der Waals surface area contributed by atoms with Crippen molar-refractivity contribution in [2.45, 2.75) is 12.6 Å². The second kappa shape index (κ2) is 8.93. The maximum Gasteiger partial charge on any atom is 0.416 e. The molecular weight excluding hydrogens is 450 g/mol. The molecule has 0 aliphatic heterocycles. The number of benzene rings is 2. The lowest BCUT2D eigenvalue weighted by molar-refractivity contribution is -0.137. The first kappa shape index (κ1) is 22.3. The van der Waals surface area contributed by atoms with Gasteiger partial charge < -0.3 is 10.1 Å². The van der Waals surface area contributed by atoms with Gasteiger partial charge in [-0.2, -0.15) is 13.2 Å². The van der Waals surface area contributed by atoms with Crippen LogP contribution in [0.5, 0.6) is 11.6 Å². The van der Waals surface area contributed by atoms with Crippen LogP contribution in [0.1, 0.15) is 11.1 Å². The van der Waals surface area contributed by atoms with Crippen molar-refractivity contribution in [3.05, 3.63) is 83.6 Å². The van der Waals surface area contributed by atoms with Gasteiger partial charge in [0.1, 0.15) is 23.4 Å². The summed E-state index contributed by atoms with van der Waals surface area (Å²) in [6.07, 6.45) is -2.03. The Morgan fingerprint density at radius 3 is 2.36 bits per heavy atom. The van der Waals surface area contributed by atoms with Gasteiger partial charge in [-0.25, -0.2) is 28.1 Å². The minimum absolute atomic E-state index is 0.0496. The van der Waals surface area contributed by atoms with Crippen LogP contribution in [0.2, 0.25) is 0 Å². The van der Waals surface area contributed by atoms with Crippen molar-refractivity contribution in [1.82, 2.24) is 15.0 Å². The first-order valence-corrected chi connectivity index (χ1v) is 9.54. The highest BCUT2D eigenvalue weighted by Gasteiger charge is 2.31. The maximum atomic E-state index is 14.2. The predicted octanol–water partition coefficient (Wildman–Crippen LogP) is 5.91. The zero-order chi connectivity index (χ0) is 23.6. The molecule has 4 rings (SSSR count). The van der Waals surface area contributed by atoms with Gasteiger partial charge in [0.05, 0.1) is 10.9 Å². The van der Waals surface area contributed by atoms with E-state index in [0.29, 0.717) is 12.5 Å². The molecule has 33 heavy (non-hydrogen) atoms. The minimum atomic E-state index is -4.51. The topological polar surface area (TPSA) is 59.9 Å². The number of aromatic nitrogens is 3. The van der Waals surface area contributed by atoms with E-state index in [4.69, 9.17) is 4.74 Å². The summed E-state index contributed by atoms with van der Waals surface area (Å²) in [5.41, 5.74) is -0.400. The van der Waals surface area contributed by atoms with Gasteiger partial charge in [-0.05, 0) is 30.2 Å². The van der Waals surface area contributed by atoms with Crippen LogP contribution >= 0.6 is 0 Å². The molecule has 0 bridgehead atoms. The van der Waals surface area contributed by atoms with Crippen molar-refractivity contribution >= 4 is 16.7 Å². The Hall–Kier alpha value is -3.89. The molecule has 11 heteroatoms. The standard InChI is InChI=1S/C22H14F6N4O/c23-15-10-16(24)20-18(19(15)25)21(32-11-31-20)30-7-5-12-1-3-14(4-2-12)33-17-9-13(6-8-29-17)22(26,27)28/h1-4,6,8-11H,5,7H2,(H,30,31,32). The average Bonchev–Trinajstić information content (AvgIpc) is 2.78. The molecule has 0 aliphatic rings. The molecule has 2 aromatic heterocycles. The van der Waals surface area contributed by atoms with E-state index in [1.165, 1.54) is 0 Å². The van der Waals surface area contributed by atoms with Crippen molar-refractivity contribution in [3.63, 3.8) is 0 Å². The number of nitrogens with one attached hydrogen (secondary N) is 1. The molecule has 0 radical (unpaired) electrons. The highest BCUT2D eigenvalue weighted by molar-refractivity contribution is 5.89. The minimum Gasteiger partial charge on any atom is -0.439 e. The summed E-state index contributed by atoms with van der Waals surface area (Å²) in [6, 6.07) is 8.55. The Labute approximate surface area is 183 Å². The summed E-state index contributed by atoms with van der Waals surface area (Å²) < 4.78 is 85.4. The molecule has 1 N–H and O–H groups in total. The Kier molecular flexibility index (Phi) is 6.03. The number of rotatable bonds is 6. The number of anilines is 1. The van der Waals surface area contributed by atoms with E-state index < -0.39 is 29.2 Å². The quantitative estimate of drug-likeness (QED) is 0.284. The molecule has 0 unspecified atom stereocenters. The molecule has 0 spiro atoms. The van der Waals surface area contributed by atoms with Crippen LogP contribution < -0.4 is 10.1 Å². The van der Waals surface area contributed by atoms with Crippen LogP contribution in [0.15, 0.2) is 55.0 Å². The molecule has 0 fully saturated rings. The SMILES string of the molecule is Fc1cc(F)c2ncnc(NCCc3ccc(Oc4cc(C(F)(F)F)ccn4)cc3)c2c1F. The number of halogens is 6. The zero-order valence-corrected chi connectivity index (χ0v) is 16.6. The lowest BCUT2D eigenvalue weighted by atomic mass is 10.1. The van der Waals surface area contributed by atoms with E-state index in [1.54, 1.807) is 24.3 Å². The third-order valence-corrected chi connectivity index (χ3v) is 4.67. The summed E-state index contributed by atoms with van der Waals surface area (Å²) in [6.45, 7) is 0.249. The monoisotopic (exact) mass is 464 g/mol. The van der Waals surface area contributed by atoms with E-state index in [0.717, 1.165) is 30.2 Å². The van der Waals surface area contributed by atoms with Crippen molar-refractivity contribution < 1.29 is 31.1 Å². The number of ether oxygens (including phenoxy) is 1.